The Morgan fingerprint density at radius 3 is 2.66 bits per heavy atom. The molecule has 29 heavy (non-hydrogen) atoms. The van der Waals surface area contributed by atoms with E-state index in [-0.39, 0.29) is 24.4 Å². The Morgan fingerprint density at radius 1 is 1.17 bits per heavy atom. The molecule has 0 unspecified atom stereocenters. The first-order chi connectivity index (χ1) is 13.8. The van der Waals surface area contributed by atoms with E-state index >= 15 is 0 Å². The summed E-state index contributed by atoms with van der Waals surface area (Å²) >= 11 is 0. The van der Waals surface area contributed by atoms with Gasteiger partial charge in [0.15, 0.2) is 6.10 Å². The van der Waals surface area contributed by atoms with Gasteiger partial charge in [-0.15, -0.1) is 0 Å². The van der Waals surface area contributed by atoms with Crippen LogP contribution in [0.4, 0.5) is 18.9 Å². The van der Waals surface area contributed by atoms with Gasteiger partial charge in [0.1, 0.15) is 5.75 Å². The van der Waals surface area contributed by atoms with Crippen LogP contribution in [0.15, 0.2) is 48.5 Å². The smallest absolute Gasteiger partial charge is 0.416 e. The van der Waals surface area contributed by atoms with Crippen molar-refractivity contribution in [3.05, 3.63) is 59.7 Å². The van der Waals surface area contributed by atoms with Crippen molar-refractivity contribution in [3.63, 3.8) is 0 Å². The van der Waals surface area contributed by atoms with Crippen molar-refractivity contribution in [2.75, 3.05) is 18.0 Å². The molecule has 2 aromatic carbocycles. The fraction of sp³-hybridized carbons (Fsp3) is 0.333. The Hall–Kier alpha value is -3.03. The normalized spacial score (nSPS) is 16.0. The molecule has 1 heterocycles. The number of amides is 2. The molecule has 0 spiro atoms. The summed E-state index contributed by atoms with van der Waals surface area (Å²) in [5.41, 5.74) is -0.0632. The molecule has 5 nitrogen and oxygen atoms in total. The molecule has 154 valence electrons. The van der Waals surface area contributed by atoms with E-state index in [0.717, 1.165) is 18.6 Å². The second kappa shape index (κ2) is 8.55. The van der Waals surface area contributed by atoms with Crippen LogP contribution in [0, 0.1) is 0 Å². The highest BCUT2D eigenvalue weighted by Gasteiger charge is 2.34. The van der Waals surface area contributed by atoms with Gasteiger partial charge in [-0.05, 0) is 30.2 Å². The van der Waals surface area contributed by atoms with Crippen LogP contribution in [0.25, 0.3) is 0 Å². The first-order valence-electron chi connectivity index (χ1n) is 9.29. The van der Waals surface area contributed by atoms with Crippen molar-refractivity contribution in [1.82, 2.24) is 5.32 Å². The van der Waals surface area contributed by atoms with Gasteiger partial charge in [-0.1, -0.05) is 37.3 Å². The number of para-hydroxylation sites is 2. The number of nitrogens with one attached hydrogen (secondary N) is 1. The van der Waals surface area contributed by atoms with Gasteiger partial charge in [0.05, 0.1) is 24.2 Å². The predicted octanol–water partition coefficient (Wildman–Crippen LogP) is 3.57. The fourth-order valence-corrected chi connectivity index (χ4v) is 3.10. The van der Waals surface area contributed by atoms with Gasteiger partial charge in [-0.25, -0.2) is 0 Å². The van der Waals surface area contributed by atoms with Gasteiger partial charge in [0.2, 0.25) is 5.91 Å². The average molecular weight is 406 g/mol. The largest absolute Gasteiger partial charge is 0.477 e. The van der Waals surface area contributed by atoms with E-state index in [1.165, 1.54) is 17.0 Å². The Kier molecular flexibility index (Phi) is 6.10. The van der Waals surface area contributed by atoms with Crippen LogP contribution in [0.5, 0.6) is 5.75 Å². The van der Waals surface area contributed by atoms with Crippen LogP contribution in [0.1, 0.15) is 24.5 Å². The lowest BCUT2D eigenvalue weighted by atomic mass is 10.1. The predicted molar refractivity (Wildman–Crippen MR) is 102 cm³/mol. The van der Waals surface area contributed by atoms with Crippen molar-refractivity contribution >= 4 is 17.5 Å². The molecule has 1 N–H and O–H groups in total. The molecule has 0 saturated heterocycles. The molecule has 0 fully saturated rings. The number of carbonyl (C=O) groups is 2. The van der Waals surface area contributed by atoms with Crippen molar-refractivity contribution in [3.8, 4) is 5.75 Å². The SMILES string of the molecule is CCCNC(=O)[C@@H]1CN(C(=O)Cc2cccc(C(F)(F)F)c2)c2ccccc2O1. The van der Waals surface area contributed by atoms with Crippen molar-refractivity contribution in [2.24, 2.45) is 0 Å². The minimum absolute atomic E-state index is 0.00957. The lowest BCUT2D eigenvalue weighted by Crippen LogP contribution is -2.51. The fourth-order valence-electron chi connectivity index (χ4n) is 3.10. The number of fused-ring (bicyclic) bond motifs is 1. The molecule has 0 saturated carbocycles. The third-order valence-corrected chi connectivity index (χ3v) is 4.53. The molecule has 1 aliphatic heterocycles. The number of carbonyl (C=O) groups excluding carboxylic acids is 2. The molecule has 0 aliphatic carbocycles. The summed E-state index contributed by atoms with van der Waals surface area (Å²) in [4.78, 5) is 26.7. The van der Waals surface area contributed by atoms with Crippen LogP contribution < -0.4 is 15.0 Å². The van der Waals surface area contributed by atoms with E-state index < -0.39 is 23.8 Å². The van der Waals surface area contributed by atoms with E-state index in [2.05, 4.69) is 5.32 Å². The molecule has 2 amide bonds. The number of anilines is 1. The van der Waals surface area contributed by atoms with Gasteiger partial charge in [0, 0.05) is 6.54 Å². The minimum atomic E-state index is -4.48. The number of nitrogens with zero attached hydrogens (tertiary/aromatic N) is 1. The Morgan fingerprint density at radius 2 is 1.93 bits per heavy atom. The van der Waals surface area contributed by atoms with Crippen LogP contribution in [-0.4, -0.2) is 31.0 Å². The number of benzene rings is 2. The van der Waals surface area contributed by atoms with Crippen LogP contribution in [0.3, 0.4) is 0 Å². The number of ether oxygens (including phenoxy) is 1. The first kappa shape index (κ1) is 20.7. The monoisotopic (exact) mass is 406 g/mol. The summed E-state index contributed by atoms with van der Waals surface area (Å²) in [7, 11) is 0. The summed E-state index contributed by atoms with van der Waals surface area (Å²) in [6, 6.07) is 11.5. The number of hydrogen-bond donors (Lipinski definition) is 1. The lowest BCUT2D eigenvalue weighted by Gasteiger charge is -2.34. The molecule has 1 aliphatic rings. The lowest BCUT2D eigenvalue weighted by molar-refractivity contribution is -0.137. The highest BCUT2D eigenvalue weighted by atomic mass is 19.4. The summed E-state index contributed by atoms with van der Waals surface area (Å²) in [6.45, 7) is 2.39. The maximum Gasteiger partial charge on any atom is 0.416 e. The second-order valence-corrected chi connectivity index (χ2v) is 6.74. The number of hydrogen-bond acceptors (Lipinski definition) is 3. The van der Waals surface area contributed by atoms with Crippen molar-refractivity contribution in [2.45, 2.75) is 32.0 Å². The molecular weight excluding hydrogens is 385 g/mol. The molecule has 8 heteroatoms. The third kappa shape index (κ3) is 4.88. The van der Waals surface area contributed by atoms with Crippen molar-refractivity contribution < 1.29 is 27.5 Å². The zero-order valence-corrected chi connectivity index (χ0v) is 15.8. The number of halogens is 3. The zero-order chi connectivity index (χ0) is 21.0. The Bertz CT molecular complexity index is 899. The van der Waals surface area contributed by atoms with Gasteiger partial charge in [-0.2, -0.15) is 13.2 Å². The van der Waals surface area contributed by atoms with Gasteiger partial charge in [-0.3, -0.25) is 9.59 Å². The number of rotatable bonds is 5. The van der Waals surface area contributed by atoms with Crippen LogP contribution in [0.2, 0.25) is 0 Å². The van der Waals surface area contributed by atoms with E-state index in [9.17, 15) is 22.8 Å². The summed E-state index contributed by atoms with van der Waals surface area (Å²) < 4.78 is 44.6. The van der Waals surface area contributed by atoms with Gasteiger partial charge >= 0.3 is 6.18 Å². The highest BCUT2D eigenvalue weighted by molar-refractivity contribution is 5.98. The molecular formula is C21H21F3N2O3. The molecule has 0 bridgehead atoms. The highest BCUT2D eigenvalue weighted by Crippen LogP contribution is 2.34. The van der Waals surface area contributed by atoms with Crippen molar-refractivity contribution in [1.29, 1.82) is 0 Å². The zero-order valence-electron chi connectivity index (χ0n) is 15.8. The van der Waals surface area contributed by atoms with E-state index in [1.54, 1.807) is 24.3 Å². The molecule has 3 rings (SSSR count). The maximum atomic E-state index is 12.9. The van der Waals surface area contributed by atoms with Crippen LogP contribution >= 0.6 is 0 Å². The van der Waals surface area contributed by atoms with Gasteiger partial charge < -0.3 is 15.0 Å². The second-order valence-electron chi connectivity index (χ2n) is 6.74. The minimum Gasteiger partial charge on any atom is -0.477 e. The standard InChI is InChI=1S/C21H21F3N2O3/c1-2-10-25-20(28)18-13-26(16-8-3-4-9-17(16)29-18)19(27)12-14-6-5-7-15(11-14)21(22,23)24/h3-9,11,18H,2,10,12-13H2,1H3,(H,25,28)/t18-/m0/s1. The quantitative estimate of drug-likeness (QED) is 0.826. The number of alkyl halides is 3. The summed E-state index contributed by atoms with van der Waals surface area (Å²) in [5, 5.41) is 2.74. The average Bonchev–Trinajstić information content (AvgIpc) is 2.70. The third-order valence-electron chi connectivity index (χ3n) is 4.53. The summed E-state index contributed by atoms with van der Waals surface area (Å²) in [6.07, 6.45) is -4.83. The molecule has 1 atom stereocenters. The van der Waals surface area contributed by atoms with E-state index in [0.29, 0.717) is 18.0 Å². The maximum absolute atomic E-state index is 12.9. The topological polar surface area (TPSA) is 58.6 Å². The first-order valence-corrected chi connectivity index (χ1v) is 9.29. The molecule has 0 radical (unpaired) electrons. The van der Waals surface area contributed by atoms with Crippen LogP contribution in [-0.2, 0) is 22.2 Å². The van der Waals surface area contributed by atoms with Gasteiger partial charge in [0.25, 0.3) is 5.91 Å². The van der Waals surface area contributed by atoms with E-state index in [4.69, 9.17) is 4.74 Å². The summed E-state index contributed by atoms with van der Waals surface area (Å²) in [5.74, 6) is -0.362. The molecule has 2 aromatic rings. The molecule has 0 aromatic heterocycles. The Balaban J connectivity index is 1.82. The Labute approximate surface area is 166 Å². The van der Waals surface area contributed by atoms with E-state index in [1.807, 2.05) is 6.92 Å².